The van der Waals surface area contributed by atoms with Crippen LogP contribution in [-0.2, 0) is 16.0 Å². The van der Waals surface area contributed by atoms with Crippen molar-refractivity contribution in [2.24, 2.45) is 0 Å². The Morgan fingerprint density at radius 3 is 3.00 bits per heavy atom. The van der Waals surface area contributed by atoms with Gasteiger partial charge in [-0.2, -0.15) is 0 Å². The number of likely N-dealkylation sites (tertiary alicyclic amines) is 1. The zero-order valence-electron chi connectivity index (χ0n) is 14.6. The number of nitrogens with zero attached hydrogens (tertiary/aromatic N) is 1. The van der Waals surface area contributed by atoms with Crippen molar-refractivity contribution in [2.45, 2.75) is 64.5 Å². The van der Waals surface area contributed by atoms with Crippen LogP contribution in [0.5, 0.6) is 0 Å². The maximum atomic E-state index is 12.0. The minimum Gasteiger partial charge on any atom is -0.459 e. The summed E-state index contributed by atoms with van der Waals surface area (Å²) in [6.45, 7) is 8.26. The average Bonchev–Trinajstić information content (AvgIpc) is 3.13. The van der Waals surface area contributed by atoms with Gasteiger partial charge in [-0.3, -0.25) is 4.79 Å². The second-order valence-electron chi connectivity index (χ2n) is 6.47. The lowest BCUT2D eigenvalue weighted by atomic mass is 10.1. The van der Waals surface area contributed by atoms with E-state index in [2.05, 4.69) is 6.58 Å². The van der Waals surface area contributed by atoms with Crippen molar-refractivity contribution in [3.05, 3.63) is 34.5 Å². The number of carbonyl (C=O) groups is 2. The van der Waals surface area contributed by atoms with Crippen LogP contribution in [0.4, 0.5) is 0 Å². The number of hydrogen-bond acceptors (Lipinski definition) is 4. The molecule has 0 bridgehead atoms. The highest BCUT2D eigenvalue weighted by Gasteiger charge is 2.29. The first-order chi connectivity index (χ1) is 11.5. The van der Waals surface area contributed by atoms with E-state index in [4.69, 9.17) is 4.74 Å². The second-order valence-corrected chi connectivity index (χ2v) is 7.64. The van der Waals surface area contributed by atoms with Crippen LogP contribution in [0.1, 0.15) is 60.5 Å². The Balaban J connectivity index is 1.81. The molecule has 0 aliphatic carbocycles. The monoisotopic (exact) mass is 349 g/mol. The third-order valence-electron chi connectivity index (χ3n) is 4.18. The van der Waals surface area contributed by atoms with Gasteiger partial charge in [-0.05, 0) is 58.1 Å². The molecule has 132 valence electrons. The van der Waals surface area contributed by atoms with E-state index < -0.39 is 0 Å². The van der Waals surface area contributed by atoms with Gasteiger partial charge in [0.1, 0.15) is 4.88 Å². The summed E-state index contributed by atoms with van der Waals surface area (Å²) < 4.78 is 5.21. The van der Waals surface area contributed by atoms with Gasteiger partial charge in [-0.15, -0.1) is 17.9 Å². The molecule has 1 aliphatic heterocycles. The molecule has 0 radical (unpaired) electrons. The van der Waals surface area contributed by atoms with Crippen molar-refractivity contribution in [1.82, 2.24) is 4.90 Å². The number of esters is 1. The van der Waals surface area contributed by atoms with Crippen LogP contribution in [0.25, 0.3) is 0 Å². The Morgan fingerprint density at radius 2 is 2.29 bits per heavy atom. The van der Waals surface area contributed by atoms with E-state index in [1.165, 1.54) is 16.2 Å². The van der Waals surface area contributed by atoms with E-state index in [0.717, 1.165) is 38.6 Å². The molecule has 1 saturated heterocycles. The first-order valence-corrected chi connectivity index (χ1v) is 9.53. The largest absolute Gasteiger partial charge is 0.459 e. The summed E-state index contributed by atoms with van der Waals surface area (Å²) in [6.07, 6.45) is 7.25. The predicted octanol–water partition coefficient (Wildman–Crippen LogP) is 4.20. The summed E-state index contributed by atoms with van der Waals surface area (Å²) >= 11 is 1.49. The van der Waals surface area contributed by atoms with E-state index in [1.54, 1.807) is 0 Å². The summed E-state index contributed by atoms with van der Waals surface area (Å²) in [4.78, 5) is 27.7. The average molecular weight is 349 g/mol. The van der Waals surface area contributed by atoms with Gasteiger partial charge in [-0.1, -0.05) is 6.08 Å². The molecule has 0 N–H and O–H groups in total. The quantitative estimate of drug-likeness (QED) is 0.496. The van der Waals surface area contributed by atoms with Gasteiger partial charge in [0.2, 0.25) is 5.91 Å². The normalized spacial score (nSPS) is 17.5. The minimum atomic E-state index is -0.250. The highest BCUT2D eigenvalue weighted by molar-refractivity contribution is 7.13. The summed E-state index contributed by atoms with van der Waals surface area (Å²) in [5, 5.41) is 0. The van der Waals surface area contributed by atoms with Crippen molar-refractivity contribution in [2.75, 3.05) is 6.54 Å². The van der Waals surface area contributed by atoms with Crippen LogP contribution in [0.15, 0.2) is 24.8 Å². The van der Waals surface area contributed by atoms with Crippen molar-refractivity contribution in [3.63, 3.8) is 0 Å². The molecule has 1 fully saturated rings. The molecule has 1 amide bonds. The summed E-state index contributed by atoms with van der Waals surface area (Å²) in [7, 11) is 0. The Hall–Kier alpha value is -1.62. The molecule has 1 atom stereocenters. The van der Waals surface area contributed by atoms with Gasteiger partial charge in [0.05, 0.1) is 6.10 Å². The number of carbonyl (C=O) groups excluding carboxylic acids is 2. The SMILES string of the molecule is C=CCC[C@H]1CCC(=O)N1CCCc1ccc(C(=O)OC(C)C)s1. The fraction of sp³-hybridized carbons (Fsp3) is 0.579. The number of aryl methyl sites for hydroxylation is 1. The molecule has 0 unspecified atom stereocenters. The van der Waals surface area contributed by atoms with Gasteiger partial charge in [0, 0.05) is 23.9 Å². The zero-order valence-corrected chi connectivity index (χ0v) is 15.4. The highest BCUT2D eigenvalue weighted by atomic mass is 32.1. The van der Waals surface area contributed by atoms with Crippen molar-refractivity contribution in [1.29, 1.82) is 0 Å². The van der Waals surface area contributed by atoms with E-state index in [1.807, 2.05) is 37.0 Å². The van der Waals surface area contributed by atoms with Crippen molar-refractivity contribution in [3.8, 4) is 0 Å². The van der Waals surface area contributed by atoms with Crippen LogP contribution >= 0.6 is 11.3 Å². The van der Waals surface area contributed by atoms with E-state index >= 15 is 0 Å². The van der Waals surface area contributed by atoms with Gasteiger partial charge >= 0.3 is 5.97 Å². The first-order valence-electron chi connectivity index (χ1n) is 8.71. The van der Waals surface area contributed by atoms with E-state index in [-0.39, 0.29) is 18.0 Å². The molecular formula is C19H27NO3S. The lowest BCUT2D eigenvalue weighted by molar-refractivity contribution is -0.129. The highest BCUT2D eigenvalue weighted by Crippen LogP contribution is 2.24. The predicted molar refractivity (Wildman–Crippen MR) is 97.4 cm³/mol. The molecule has 2 rings (SSSR count). The molecule has 1 aromatic heterocycles. The Morgan fingerprint density at radius 1 is 1.50 bits per heavy atom. The smallest absolute Gasteiger partial charge is 0.348 e. The molecule has 2 heterocycles. The third-order valence-corrected chi connectivity index (χ3v) is 5.31. The van der Waals surface area contributed by atoms with Crippen LogP contribution in [-0.4, -0.2) is 35.5 Å². The molecular weight excluding hydrogens is 322 g/mol. The van der Waals surface area contributed by atoms with Gasteiger partial charge < -0.3 is 9.64 Å². The first kappa shape index (κ1) is 18.7. The number of thiophene rings is 1. The number of amides is 1. The molecule has 0 aromatic carbocycles. The molecule has 0 spiro atoms. The zero-order chi connectivity index (χ0) is 17.5. The summed E-state index contributed by atoms with van der Waals surface area (Å²) in [5.74, 6) is 0.0249. The topological polar surface area (TPSA) is 46.6 Å². The maximum Gasteiger partial charge on any atom is 0.348 e. The molecule has 1 aliphatic rings. The number of hydrogen-bond donors (Lipinski definition) is 0. The molecule has 1 aromatic rings. The molecule has 0 saturated carbocycles. The van der Waals surface area contributed by atoms with Crippen molar-refractivity contribution < 1.29 is 14.3 Å². The lowest BCUT2D eigenvalue weighted by Gasteiger charge is -2.24. The van der Waals surface area contributed by atoms with Gasteiger partial charge in [0.15, 0.2) is 0 Å². The number of rotatable bonds is 9. The van der Waals surface area contributed by atoms with Crippen molar-refractivity contribution >= 4 is 23.2 Å². The Kier molecular flexibility index (Phi) is 7.03. The molecule has 5 heteroatoms. The van der Waals surface area contributed by atoms with Gasteiger partial charge in [-0.25, -0.2) is 4.79 Å². The second kappa shape index (κ2) is 9.02. The van der Waals surface area contributed by atoms with E-state index in [9.17, 15) is 9.59 Å². The molecule has 4 nitrogen and oxygen atoms in total. The minimum absolute atomic E-state index is 0.100. The van der Waals surface area contributed by atoms with Crippen LogP contribution in [0, 0.1) is 0 Å². The maximum absolute atomic E-state index is 12.0. The Bertz CT molecular complexity index is 579. The van der Waals surface area contributed by atoms with Gasteiger partial charge in [0.25, 0.3) is 0 Å². The van der Waals surface area contributed by atoms with Crippen LogP contribution in [0.2, 0.25) is 0 Å². The summed E-state index contributed by atoms with van der Waals surface area (Å²) in [5.41, 5.74) is 0. The fourth-order valence-corrected chi connectivity index (χ4v) is 3.96. The number of allylic oxidation sites excluding steroid dienone is 1. The molecule has 24 heavy (non-hydrogen) atoms. The lowest BCUT2D eigenvalue weighted by Crippen LogP contribution is -2.34. The Labute approximate surface area is 148 Å². The third kappa shape index (κ3) is 5.20. The van der Waals surface area contributed by atoms with Crippen LogP contribution in [0.3, 0.4) is 0 Å². The van der Waals surface area contributed by atoms with E-state index in [0.29, 0.717) is 17.3 Å². The fourth-order valence-electron chi connectivity index (χ4n) is 3.03. The standard InChI is InChI=1S/C19H27NO3S/c1-4-5-7-15-9-12-18(21)20(15)13-6-8-16-10-11-17(24-16)19(22)23-14(2)3/h4,10-11,14-15H,1,5-9,12-13H2,2-3H3/t15-/m0/s1. The number of ether oxygens (including phenoxy) is 1. The van der Waals surface area contributed by atoms with Crippen LogP contribution < -0.4 is 0 Å². The summed E-state index contributed by atoms with van der Waals surface area (Å²) in [6, 6.07) is 4.19.